The van der Waals surface area contributed by atoms with E-state index in [0.717, 1.165) is 10.7 Å². The van der Waals surface area contributed by atoms with Crippen LogP contribution in [0.1, 0.15) is 21.7 Å². The maximum atomic E-state index is 5.77. The molecule has 0 radical (unpaired) electrons. The first kappa shape index (κ1) is 11.6. The first-order chi connectivity index (χ1) is 7.63. The van der Waals surface area contributed by atoms with E-state index in [1.54, 1.807) is 11.3 Å². The first-order valence-electron chi connectivity index (χ1n) is 5.21. The van der Waals surface area contributed by atoms with E-state index in [1.807, 2.05) is 0 Å². The Morgan fingerprint density at radius 2 is 1.94 bits per heavy atom. The van der Waals surface area contributed by atoms with Gasteiger partial charge < -0.3 is 0 Å². The van der Waals surface area contributed by atoms with Gasteiger partial charge in [-0.05, 0) is 37.5 Å². The molecule has 0 atom stereocenters. The van der Waals surface area contributed by atoms with E-state index in [1.165, 1.54) is 22.3 Å². The molecule has 2 rings (SSSR count). The molecule has 0 aliphatic carbocycles. The summed E-state index contributed by atoms with van der Waals surface area (Å²) in [7, 11) is 0. The minimum absolute atomic E-state index is 0.495. The number of hydrogen-bond acceptors (Lipinski definition) is 2. The summed E-state index contributed by atoms with van der Waals surface area (Å²) in [5.41, 5.74) is 6.25. The fraction of sp³-hybridized carbons (Fsp3) is 0.308. The molecular weight excluding hydrogens is 238 g/mol. The average Bonchev–Trinajstić information content (AvgIpc) is 2.74. The zero-order chi connectivity index (χ0) is 11.7. The highest BCUT2D eigenvalue weighted by Crippen LogP contribution is 2.28. The third kappa shape index (κ3) is 2.00. The number of halogens is 1. The molecule has 1 heterocycles. The normalized spacial score (nSPS) is 10.8. The second-order valence-corrected chi connectivity index (χ2v) is 5.15. The molecule has 0 unspecified atom stereocenters. The highest BCUT2D eigenvalue weighted by Gasteiger charge is 2.09. The van der Waals surface area contributed by atoms with Crippen molar-refractivity contribution in [2.75, 3.05) is 0 Å². The largest absolute Gasteiger partial charge is 0.240 e. The molecule has 3 heteroatoms. The third-order valence-electron chi connectivity index (χ3n) is 3.00. The van der Waals surface area contributed by atoms with Crippen LogP contribution >= 0.6 is 22.9 Å². The number of rotatable bonds is 2. The molecule has 1 aromatic heterocycles. The number of aryl methyl sites for hydroxylation is 1. The fourth-order valence-corrected chi connectivity index (χ4v) is 2.62. The number of nitrogens with zero attached hydrogens (tertiary/aromatic N) is 1. The van der Waals surface area contributed by atoms with Crippen LogP contribution in [0, 0.1) is 20.8 Å². The van der Waals surface area contributed by atoms with Crippen LogP contribution in [-0.2, 0) is 5.88 Å². The van der Waals surface area contributed by atoms with Gasteiger partial charge in [-0.1, -0.05) is 12.1 Å². The quantitative estimate of drug-likeness (QED) is 0.718. The van der Waals surface area contributed by atoms with Gasteiger partial charge in [0.15, 0.2) is 0 Å². The lowest BCUT2D eigenvalue weighted by Gasteiger charge is -2.09. The van der Waals surface area contributed by atoms with Crippen LogP contribution in [0.2, 0.25) is 0 Å². The number of alkyl halides is 1. The maximum absolute atomic E-state index is 5.77. The summed E-state index contributed by atoms with van der Waals surface area (Å²) in [6.45, 7) is 6.44. The van der Waals surface area contributed by atoms with Gasteiger partial charge in [0.2, 0.25) is 0 Å². The summed E-state index contributed by atoms with van der Waals surface area (Å²) in [6.07, 6.45) is 0. The van der Waals surface area contributed by atoms with Crippen molar-refractivity contribution in [3.05, 3.63) is 39.2 Å². The molecule has 84 valence electrons. The van der Waals surface area contributed by atoms with E-state index in [2.05, 4.69) is 43.3 Å². The van der Waals surface area contributed by atoms with E-state index >= 15 is 0 Å². The van der Waals surface area contributed by atoms with E-state index in [4.69, 9.17) is 11.6 Å². The van der Waals surface area contributed by atoms with Crippen LogP contribution in [0.5, 0.6) is 0 Å². The molecule has 2 aromatic rings. The smallest absolute Gasteiger partial charge is 0.108 e. The number of thiazole rings is 1. The second-order valence-electron chi connectivity index (χ2n) is 3.94. The molecule has 0 saturated heterocycles. The van der Waals surface area contributed by atoms with Gasteiger partial charge in [0, 0.05) is 10.9 Å². The summed E-state index contributed by atoms with van der Waals surface area (Å²) < 4.78 is 0. The molecule has 0 saturated carbocycles. The van der Waals surface area contributed by atoms with Crippen molar-refractivity contribution >= 4 is 22.9 Å². The second kappa shape index (κ2) is 4.56. The summed E-state index contributed by atoms with van der Waals surface area (Å²) in [6, 6.07) is 4.29. The van der Waals surface area contributed by atoms with Gasteiger partial charge in [-0.25, -0.2) is 4.98 Å². The predicted molar refractivity (Wildman–Crippen MR) is 71.3 cm³/mol. The molecule has 16 heavy (non-hydrogen) atoms. The summed E-state index contributed by atoms with van der Waals surface area (Å²) in [5, 5.41) is 3.06. The molecule has 1 aromatic carbocycles. The molecule has 1 nitrogen and oxygen atoms in total. The minimum atomic E-state index is 0.495. The summed E-state index contributed by atoms with van der Waals surface area (Å²) in [4.78, 5) is 4.52. The van der Waals surface area contributed by atoms with E-state index in [-0.39, 0.29) is 0 Å². The van der Waals surface area contributed by atoms with Gasteiger partial charge in [0.1, 0.15) is 5.01 Å². The minimum Gasteiger partial charge on any atom is -0.240 e. The Morgan fingerprint density at radius 1 is 1.19 bits per heavy atom. The van der Waals surface area contributed by atoms with Gasteiger partial charge in [0.25, 0.3) is 0 Å². The van der Waals surface area contributed by atoms with Crippen LogP contribution in [0.25, 0.3) is 11.3 Å². The Balaban J connectivity index is 2.52. The standard InChI is InChI=1S/C13H14ClNS/c1-8-4-5-11(10(3)9(8)2)12-7-16-13(6-14)15-12/h4-5,7H,6H2,1-3H3. The van der Waals surface area contributed by atoms with Crippen molar-refractivity contribution in [3.8, 4) is 11.3 Å². The lowest BCUT2D eigenvalue weighted by Crippen LogP contribution is -1.91. The lowest BCUT2D eigenvalue weighted by atomic mass is 9.97. The van der Waals surface area contributed by atoms with Crippen LogP contribution in [0.4, 0.5) is 0 Å². The fourth-order valence-electron chi connectivity index (χ4n) is 1.73. The number of aromatic nitrogens is 1. The molecule has 0 spiro atoms. The predicted octanol–water partition coefficient (Wildman–Crippen LogP) is 4.47. The van der Waals surface area contributed by atoms with Gasteiger partial charge in [-0.3, -0.25) is 0 Å². The van der Waals surface area contributed by atoms with Crippen LogP contribution in [-0.4, -0.2) is 4.98 Å². The Hall–Kier alpha value is -0.860. The maximum Gasteiger partial charge on any atom is 0.108 e. The number of benzene rings is 1. The van der Waals surface area contributed by atoms with E-state index in [9.17, 15) is 0 Å². The Labute approximate surface area is 105 Å². The van der Waals surface area contributed by atoms with E-state index in [0.29, 0.717) is 5.88 Å². The molecule has 0 amide bonds. The third-order valence-corrected chi connectivity index (χ3v) is 4.26. The molecular formula is C13H14ClNS. The van der Waals surface area contributed by atoms with Gasteiger partial charge >= 0.3 is 0 Å². The highest BCUT2D eigenvalue weighted by molar-refractivity contribution is 7.10. The Bertz CT molecular complexity index is 517. The average molecular weight is 252 g/mol. The van der Waals surface area contributed by atoms with Crippen molar-refractivity contribution in [1.82, 2.24) is 4.98 Å². The van der Waals surface area contributed by atoms with Crippen LogP contribution < -0.4 is 0 Å². The summed E-state index contributed by atoms with van der Waals surface area (Å²) >= 11 is 7.39. The SMILES string of the molecule is Cc1ccc(-c2csc(CCl)n2)c(C)c1C. The van der Waals surface area contributed by atoms with E-state index < -0.39 is 0 Å². The molecule has 0 aliphatic rings. The van der Waals surface area contributed by atoms with Crippen LogP contribution in [0.3, 0.4) is 0 Å². The van der Waals surface area contributed by atoms with Crippen molar-refractivity contribution < 1.29 is 0 Å². The van der Waals surface area contributed by atoms with Gasteiger partial charge in [0.05, 0.1) is 11.6 Å². The lowest BCUT2D eigenvalue weighted by molar-refractivity contribution is 1.23. The van der Waals surface area contributed by atoms with Crippen molar-refractivity contribution in [1.29, 1.82) is 0 Å². The number of hydrogen-bond donors (Lipinski definition) is 0. The topological polar surface area (TPSA) is 12.9 Å². The summed E-state index contributed by atoms with van der Waals surface area (Å²) in [5.74, 6) is 0.495. The van der Waals surface area contributed by atoms with Crippen molar-refractivity contribution in [2.24, 2.45) is 0 Å². The zero-order valence-electron chi connectivity index (χ0n) is 9.67. The molecule has 0 fully saturated rings. The molecule has 0 bridgehead atoms. The van der Waals surface area contributed by atoms with Crippen molar-refractivity contribution in [3.63, 3.8) is 0 Å². The Kier molecular flexibility index (Phi) is 3.31. The van der Waals surface area contributed by atoms with Gasteiger partial charge in [-0.15, -0.1) is 22.9 Å². The molecule has 0 N–H and O–H groups in total. The monoisotopic (exact) mass is 251 g/mol. The van der Waals surface area contributed by atoms with Gasteiger partial charge in [-0.2, -0.15) is 0 Å². The first-order valence-corrected chi connectivity index (χ1v) is 6.62. The van der Waals surface area contributed by atoms with Crippen molar-refractivity contribution in [2.45, 2.75) is 26.7 Å². The van der Waals surface area contributed by atoms with Crippen LogP contribution in [0.15, 0.2) is 17.5 Å². The molecule has 0 aliphatic heterocycles. The zero-order valence-corrected chi connectivity index (χ0v) is 11.2. The highest BCUT2D eigenvalue weighted by atomic mass is 35.5. The Morgan fingerprint density at radius 3 is 2.56 bits per heavy atom.